The molecule has 2 N–H and O–H groups in total. The van der Waals surface area contributed by atoms with Crippen LogP contribution in [-0.4, -0.2) is 24.7 Å². The second kappa shape index (κ2) is 8.00. The fourth-order valence-electron chi connectivity index (χ4n) is 3.00. The van der Waals surface area contributed by atoms with Gasteiger partial charge in [0.15, 0.2) is 0 Å². The molecule has 2 aromatic carbocycles. The van der Waals surface area contributed by atoms with Crippen LogP contribution in [0, 0.1) is 11.3 Å². The number of anilines is 2. The van der Waals surface area contributed by atoms with Crippen molar-refractivity contribution in [3.63, 3.8) is 0 Å². The minimum Gasteiger partial charge on any atom is -0.492 e. The number of fused-ring (bicyclic) bond motifs is 1. The number of benzene rings is 2. The molecule has 0 aliphatic carbocycles. The molecule has 0 saturated heterocycles. The Hall–Kier alpha value is -3.20. The Morgan fingerprint density at radius 3 is 2.78 bits per heavy atom. The Balaban J connectivity index is 1.72. The highest BCUT2D eigenvalue weighted by molar-refractivity contribution is 5.96. The van der Waals surface area contributed by atoms with Gasteiger partial charge >= 0.3 is 0 Å². The molecule has 0 fully saturated rings. The molecule has 1 heterocycles. The SMILES string of the molecule is CCOc1cc2c(cc1N[C@H](C)C(=O)Nc1ccc(C#N)cc1)O[C@@H](C)C2. The fourth-order valence-corrected chi connectivity index (χ4v) is 3.00. The van der Waals surface area contributed by atoms with Crippen molar-refractivity contribution >= 4 is 17.3 Å². The first kappa shape index (κ1) is 18.6. The molecule has 1 aliphatic heterocycles. The highest BCUT2D eigenvalue weighted by Gasteiger charge is 2.23. The summed E-state index contributed by atoms with van der Waals surface area (Å²) in [5.41, 5.74) is 3.04. The van der Waals surface area contributed by atoms with E-state index in [1.807, 2.05) is 26.0 Å². The van der Waals surface area contributed by atoms with Crippen molar-refractivity contribution in [1.82, 2.24) is 0 Å². The molecule has 0 unspecified atom stereocenters. The van der Waals surface area contributed by atoms with Crippen molar-refractivity contribution in [1.29, 1.82) is 5.26 Å². The number of ether oxygens (including phenoxy) is 2. The standard InChI is InChI=1S/C21H23N3O3/c1-4-26-20-10-16-9-13(2)27-19(16)11-18(20)23-14(3)21(25)24-17-7-5-15(12-22)6-8-17/h5-8,10-11,13-14,23H,4,9H2,1-3H3,(H,24,25)/t13-,14+/m0/s1. The number of nitrogens with zero attached hydrogens (tertiary/aromatic N) is 1. The molecule has 0 spiro atoms. The normalized spacial score (nSPS) is 15.9. The monoisotopic (exact) mass is 365 g/mol. The van der Waals surface area contributed by atoms with Crippen LogP contribution in [0.25, 0.3) is 0 Å². The number of hydrogen-bond donors (Lipinski definition) is 2. The lowest BCUT2D eigenvalue weighted by Gasteiger charge is -2.19. The lowest BCUT2D eigenvalue weighted by atomic mass is 10.1. The second-order valence-electron chi connectivity index (χ2n) is 6.57. The van der Waals surface area contributed by atoms with E-state index >= 15 is 0 Å². The minimum atomic E-state index is -0.489. The number of amides is 1. The third-order valence-electron chi connectivity index (χ3n) is 4.34. The molecule has 0 bridgehead atoms. The first-order chi connectivity index (χ1) is 13.0. The van der Waals surface area contributed by atoms with E-state index in [2.05, 4.69) is 16.7 Å². The van der Waals surface area contributed by atoms with E-state index in [-0.39, 0.29) is 12.0 Å². The van der Waals surface area contributed by atoms with Crippen molar-refractivity contribution < 1.29 is 14.3 Å². The van der Waals surface area contributed by atoms with E-state index in [1.165, 1.54) is 0 Å². The predicted octanol–water partition coefficient (Wildman–Crippen LogP) is 3.72. The molecule has 0 saturated carbocycles. The molecule has 0 radical (unpaired) electrons. The van der Waals surface area contributed by atoms with Crippen LogP contribution in [0.1, 0.15) is 31.9 Å². The maximum absolute atomic E-state index is 12.5. The number of nitrogens with one attached hydrogen (secondary N) is 2. The summed E-state index contributed by atoms with van der Waals surface area (Å²) in [6.07, 6.45) is 0.992. The second-order valence-corrected chi connectivity index (χ2v) is 6.57. The van der Waals surface area contributed by atoms with E-state index in [1.54, 1.807) is 31.2 Å². The van der Waals surface area contributed by atoms with E-state index in [9.17, 15) is 4.79 Å². The third-order valence-corrected chi connectivity index (χ3v) is 4.34. The van der Waals surface area contributed by atoms with Gasteiger partial charge in [0.25, 0.3) is 0 Å². The van der Waals surface area contributed by atoms with Crippen molar-refractivity contribution in [2.75, 3.05) is 17.2 Å². The Morgan fingerprint density at radius 1 is 1.37 bits per heavy atom. The van der Waals surface area contributed by atoms with E-state index in [4.69, 9.17) is 14.7 Å². The predicted molar refractivity (Wildman–Crippen MR) is 104 cm³/mol. The average molecular weight is 365 g/mol. The maximum atomic E-state index is 12.5. The zero-order valence-corrected chi connectivity index (χ0v) is 15.7. The number of carbonyl (C=O) groups is 1. The first-order valence-electron chi connectivity index (χ1n) is 9.04. The van der Waals surface area contributed by atoms with Crippen molar-refractivity contribution in [2.45, 2.75) is 39.3 Å². The molecule has 1 amide bonds. The zero-order valence-electron chi connectivity index (χ0n) is 15.7. The van der Waals surface area contributed by atoms with Crippen LogP contribution < -0.4 is 20.1 Å². The molecule has 2 aromatic rings. The molecular weight excluding hydrogens is 342 g/mol. The lowest BCUT2D eigenvalue weighted by Crippen LogP contribution is -2.32. The Labute approximate surface area is 159 Å². The average Bonchev–Trinajstić information content (AvgIpc) is 3.01. The number of nitriles is 1. The van der Waals surface area contributed by atoms with E-state index in [0.29, 0.717) is 23.6 Å². The van der Waals surface area contributed by atoms with Gasteiger partial charge in [-0.15, -0.1) is 0 Å². The third kappa shape index (κ3) is 4.32. The van der Waals surface area contributed by atoms with Crippen molar-refractivity contribution in [3.8, 4) is 17.6 Å². The van der Waals surface area contributed by atoms with Crippen LogP contribution in [0.15, 0.2) is 36.4 Å². The Kier molecular flexibility index (Phi) is 5.51. The zero-order chi connectivity index (χ0) is 19.4. The van der Waals surface area contributed by atoms with Gasteiger partial charge in [-0.3, -0.25) is 4.79 Å². The molecule has 6 nitrogen and oxygen atoms in total. The van der Waals surface area contributed by atoms with Crippen LogP contribution in [0.4, 0.5) is 11.4 Å². The summed E-state index contributed by atoms with van der Waals surface area (Å²) in [5.74, 6) is 1.36. The van der Waals surface area contributed by atoms with Gasteiger partial charge in [-0.1, -0.05) is 0 Å². The Morgan fingerprint density at radius 2 is 2.11 bits per heavy atom. The van der Waals surface area contributed by atoms with Crippen LogP contribution in [0.2, 0.25) is 0 Å². The number of rotatable bonds is 6. The molecule has 27 heavy (non-hydrogen) atoms. The topological polar surface area (TPSA) is 83.4 Å². The van der Waals surface area contributed by atoms with Gasteiger partial charge in [0, 0.05) is 23.7 Å². The highest BCUT2D eigenvalue weighted by atomic mass is 16.5. The summed E-state index contributed by atoms with van der Waals surface area (Å²) in [5, 5.41) is 14.9. The summed E-state index contributed by atoms with van der Waals surface area (Å²) in [6.45, 7) is 6.28. The summed E-state index contributed by atoms with van der Waals surface area (Å²) >= 11 is 0. The largest absolute Gasteiger partial charge is 0.492 e. The van der Waals surface area contributed by atoms with E-state index < -0.39 is 6.04 Å². The maximum Gasteiger partial charge on any atom is 0.246 e. The quantitative estimate of drug-likeness (QED) is 0.815. The smallest absolute Gasteiger partial charge is 0.246 e. The number of hydrogen-bond acceptors (Lipinski definition) is 5. The van der Waals surface area contributed by atoms with Gasteiger partial charge in [-0.05, 0) is 51.1 Å². The van der Waals surface area contributed by atoms with Gasteiger partial charge in [0.05, 0.1) is 23.9 Å². The molecule has 1 aliphatic rings. The van der Waals surface area contributed by atoms with Crippen molar-refractivity contribution in [3.05, 3.63) is 47.5 Å². The molecule has 2 atom stereocenters. The Bertz CT molecular complexity index is 871. The minimum absolute atomic E-state index is 0.141. The molecule has 6 heteroatoms. The molecule has 140 valence electrons. The first-order valence-corrected chi connectivity index (χ1v) is 9.04. The molecule has 3 rings (SSSR count). The summed E-state index contributed by atoms with van der Waals surface area (Å²) < 4.78 is 11.6. The molecule has 0 aromatic heterocycles. The highest BCUT2D eigenvalue weighted by Crippen LogP contribution is 2.38. The van der Waals surface area contributed by atoms with Crippen LogP contribution in [0.3, 0.4) is 0 Å². The molecular formula is C21H23N3O3. The summed E-state index contributed by atoms with van der Waals surface area (Å²) in [4.78, 5) is 12.5. The van der Waals surface area contributed by atoms with Crippen LogP contribution >= 0.6 is 0 Å². The van der Waals surface area contributed by atoms with Gasteiger partial charge in [-0.2, -0.15) is 5.26 Å². The van der Waals surface area contributed by atoms with Gasteiger partial charge in [0.2, 0.25) is 5.91 Å². The van der Waals surface area contributed by atoms with Gasteiger partial charge in [-0.25, -0.2) is 0 Å². The summed E-state index contributed by atoms with van der Waals surface area (Å²) in [7, 11) is 0. The van der Waals surface area contributed by atoms with Crippen LogP contribution in [-0.2, 0) is 11.2 Å². The summed E-state index contributed by atoms with van der Waals surface area (Å²) in [6, 6.07) is 12.2. The lowest BCUT2D eigenvalue weighted by molar-refractivity contribution is -0.116. The van der Waals surface area contributed by atoms with Crippen molar-refractivity contribution in [2.24, 2.45) is 0 Å². The van der Waals surface area contributed by atoms with Crippen LogP contribution in [0.5, 0.6) is 11.5 Å². The van der Waals surface area contributed by atoms with Gasteiger partial charge in [0.1, 0.15) is 23.6 Å². The van der Waals surface area contributed by atoms with Gasteiger partial charge < -0.3 is 20.1 Å². The fraction of sp³-hybridized carbons (Fsp3) is 0.333. The van der Waals surface area contributed by atoms with E-state index in [0.717, 1.165) is 23.4 Å². The number of carbonyl (C=O) groups excluding carboxylic acids is 1.